The van der Waals surface area contributed by atoms with Gasteiger partial charge in [0.15, 0.2) is 5.96 Å². The monoisotopic (exact) mass is 236 g/mol. The molecule has 6 nitrogen and oxygen atoms in total. The molecule has 1 saturated heterocycles. The van der Waals surface area contributed by atoms with E-state index in [0.29, 0.717) is 24.9 Å². The molecular formula is C11H16N4O2. The van der Waals surface area contributed by atoms with E-state index in [-0.39, 0.29) is 12.3 Å². The number of aliphatic imine (C=N–C) groups is 1. The summed E-state index contributed by atoms with van der Waals surface area (Å²) in [4.78, 5) is 10.2. The van der Waals surface area contributed by atoms with Gasteiger partial charge in [0.2, 0.25) is 0 Å². The van der Waals surface area contributed by atoms with Crippen LogP contribution in [0.3, 0.4) is 0 Å². The Morgan fingerprint density at radius 1 is 1.53 bits per heavy atom. The lowest BCUT2D eigenvalue weighted by atomic mass is 10.3. The third kappa shape index (κ3) is 3.07. The van der Waals surface area contributed by atoms with E-state index in [9.17, 15) is 5.11 Å². The van der Waals surface area contributed by atoms with E-state index in [1.807, 2.05) is 4.90 Å². The number of guanidine groups is 1. The van der Waals surface area contributed by atoms with Gasteiger partial charge in [0.05, 0.1) is 19.8 Å². The van der Waals surface area contributed by atoms with Gasteiger partial charge in [-0.2, -0.15) is 0 Å². The molecule has 0 spiro atoms. The van der Waals surface area contributed by atoms with Crippen LogP contribution in [0, 0.1) is 0 Å². The van der Waals surface area contributed by atoms with Crippen LogP contribution in [0.25, 0.3) is 0 Å². The molecule has 1 aliphatic rings. The zero-order chi connectivity index (χ0) is 12.1. The second-order valence-electron chi connectivity index (χ2n) is 3.74. The molecular weight excluding hydrogens is 220 g/mol. The highest BCUT2D eigenvalue weighted by Crippen LogP contribution is 2.13. The Hall–Kier alpha value is -1.82. The first-order chi connectivity index (χ1) is 8.27. The summed E-state index contributed by atoms with van der Waals surface area (Å²) in [6.07, 6.45) is 1.62. The molecule has 2 heterocycles. The smallest absolute Gasteiger partial charge is 0.191 e. The number of aromatic nitrogens is 1. The van der Waals surface area contributed by atoms with Gasteiger partial charge in [0, 0.05) is 19.3 Å². The summed E-state index contributed by atoms with van der Waals surface area (Å²) in [5, 5.41) is 9.53. The third-order valence-corrected chi connectivity index (χ3v) is 2.59. The molecule has 0 aliphatic carbocycles. The van der Waals surface area contributed by atoms with Gasteiger partial charge in [-0.05, 0) is 12.1 Å². The highest BCUT2D eigenvalue weighted by atomic mass is 16.5. The minimum Gasteiger partial charge on any atom is -0.506 e. The highest BCUT2D eigenvalue weighted by Gasteiger charge is 2.12. The summed E-state index contributed by atoms with van der Waals surface area (Å²) >= 11 is 0. The van der Waals surface area contributed by atoms with Crippen molar-refractivity contribution in [1.29, 1.82) is 0 Å². The second-order valence-corrected chi connectivity index (χ2v) is 3.74. The summed E-state index contributed by atoms with van der Waals surface area (Å²) in [6, 6.07) is 3.26. The fourth-order valence-corrected chi connectivity index (χ4v) is 1.60. The molecule has 6 heteroatoms. The molecule has 0 aromatic carbocycles. The summed E-state index contributed by atoms with van der Waals surface area (Å²) < 4.78 is 5.23. The Morgan fingerprint density at radius 2 is 2.29 bits per heavy atom. The van der Waals surface area contributed by atoms with Gasteiger partial charge in [0.1, 0.15) is 11.4 Å². The van der Waals surface area contributed by atoms with Gasteiger partial charge in [-0.3, -0.25) is 4.98 Å². The largest absolute Gasteiger partial charge is 0.506 e. The van der Waals surface area contributed by atoms with E-state index in [1.54, 1.807) is 18.3 Å². The SMILES string of the molecule is NC(=NCc1ncccc1O)N1CCOCC1. The maximum Gasteiger partial charge on any atom is 0.191 e. The Balaban J connectivity index is 1.97. The Labute approximate surface area is 99.7 Å². The number of nitrogens with zero attached hydrogens (tertiary/aromatic N) is 3. The molecule has 0 bridgehead atoms. The topological polar surface area (TPSA) is 84.0 Å². The Kier molecular flexibility index (Phi) is 3.77. The molecule has 3 N–H and O–H groups in total. The average molecular weight is 236 g/mol. The van der Waals surface area contributed by atoms with Crippen molar-refractivity contribution in [2.45, 2.75) is 6.54 Å². The second kappa shape index (κ2) is 5.49. The predicted molar refractivity (Wildman–Crippen MR) is 63.6 cm³/mol. The molecule has 92 valence electrons. The average Bonchev–Trinajstić information content (AvgIpc) is 2.38. The van der Waals surface area contributed by atoms with Gasteiger partial charge in [0.25, 0.3) is 0 Å². The number of morpholine rings is 1. The van der Waals surface area contributed by atoms with Gasteiger partial charge in [-0.25, -0.2) is 4.99 Å². The minimum atomic E-state index is 0.144. The first kappa shape index (κ1) is 11.7. The molecule has 1 aromatic heterocycles. The lowest BCUT2D eigenvalue weighted by molar-refractivity contribution is 0.0674. The number of pyridine rings is 1. The van der Waals surface area contributed by atoms with Crippen molar-refractivity contribution in [2.24, 2.45) is 10.7 Å². The molecule has 0 saturated carbocycles. The molecule has 0 unspecified atom stereocenters. The van der Waals surface area contributed by atoms with Crippen LogP contribution in [0.15, 0.2) is 23.3 Å². The van der Waals surface area contributed by atoms with Gasteiger partial charge >= 0.3 is 0 Å². The maximum atomic E-state index is 9.53. The molecule has 1 fully saturated rings. The van der Waals surface area contributed by atoms with Gasteiger partial charge in [-0.15, -0.1) is 0 Å². The molecule has 2 rings (SSSR count). The summed E-state index contributed by atoms with van der Waals surface area (Å²) in [5.41, 5.74) is 6.39. The quantitative estimate of drug-likeness (QED) is 0.555. The summed E-state index contributed by atoms with van der Waals surface area (Å²) in [7, 11) is 0. The number of hydrogen-bond acceptors (Lipinski definition) is 4. The van der Waals surface area contributed by atoms with Crippen LogP contribution in [0.1, 0.15) is 5.69 Å². The normalized spacial score (nSPS) is 17.2. The van der Waals surface area contributed by atoms with Gasteiger partial charge in [-0.1, -0.05) is 0 Å². The van der Waals surface area contributed by atoms with Crippen LogP contribution < -0.4 is 5.73 Å². The zero-order valence-corrected chi connectivity index (χ0v) is 9.54. The van der Waals surface area contributed by atoms with Crippen LogP contribution >= 0.6 is 0 Å². The van der Waals surface area contributed by atoms with Crippen LogP contribution in [0.2, 0.25) is 0 Å². The standard InChI is InChI=1S/C11H16N4O2/c12-11(15-4-6-17-7-5-15)14-8-9-10(16)2-1-3-13-9/h1-3,16H,4-8H2,(H2,12,14). The van der Waals surface area contributed by atoms with Crippen molar-refractivity contribution < 1.29 is 9.84 Å². The molecule has 0 atom stereocenters. The first-order valence-electron chi connectivity index (χ1n) is 5.53. The molecule has 0 amide bonds. The Bertz CT molecular complexity index is 402. The summed E-state index contributed by atoms with van der Waals surface area (Å²) in [5.74, 6) is 0.615. The molecule has 1 aliphatic heterocycles. The van der Waals surface area contributed by atoms with Crippen molar-refractivity contribution in [3.05, 3.63) is 24.0 Å². The van der Waals surface area contributed by atoms with Crippen LogP contribution in [0.4, 0.5) is 0 Å². The predicted octanol–water partition coefficient (Wildman–Crippen LogP) is -0.0659. The van der Waals surface area contributed by atoms with Crippen molar-refractivity contribution >= 4 is 5.96 Å². The van der Waals surface area contributed by atoms with E-state index < -0.39 is 0 Å². The van der Waals surface area contributed by atoms with Crippen molar-refractivity contribution in [2.75, 3.05) is 26.3 Å². The third-order valence-electron chi connectivity index (χ3n) is 2.59. The van der Waals surface area contributed by atoms with E-state index in [1.165, 1.54) is 0 Å². The molecule has 1 aromatic rings. The summed E-state index contributed by atoms with van der Waals surface area (Å²) in [6.45, 7) is 3.14. The molecule has 17 heavy (non-hydrogen) atoms. The fraction of sp³-hybridized carbons (Fsp3) is 0.455. The number of aromatic hydroxyl groups is 1. The lowest BCUT2D eigenvalue weighted by Gasteiger charge is -2.27. The maximum absolute atomic E-state index is 9.53. The van der Waals surface area contributed by atoms with E-state index >= 15 is 0 Å². The number of ether oxygens (including phenoxy) is 1. The Morgan fingerprint density at radius 3 is 3.00 bits per heavy atom. The number of hydrogen-bond donors (Lipinski definition) is 2. The first-order valence-corrected chi connectivity index (χ1v) is 5.53. The number of rotatable bonds is 2. The van der Waals surface area contributed by atoms with E-state index in [4.69, 9.17) is 10.5 Å². The fourth-order valence-electron chi connectivity index (χ4n) is 1.60. The minimum absolute atomic E-state index is 0.144. The van der Waals surface area contributed by atoms with E-state index in [0.717, 1.165) is 13.1 Å². The number of nitrogens with two attached hydrogens (primary N) is 1. The zero-order valence-electron chi connectivity index (χ0n) is 9.54. The van der Waals surface area contributed by atoms with Crippen molar-refractivity contribution in [3.8, 4) is 5.75 Å². The van der Waals surface area contributed by atoms with Crippen molar-refractivity contribution in [1.82, 2.24) is 9.88 Å². The van der Waals surface area contributed by atoms with Gasteiger partial charge < -0.3 is 20.5 Å². The van der Waals surface area contributed by atoms with Crippen LogP contribution in [-0.4, -0.2) is 47.3 Å². The lowest BCUT2D eigenvalue weighted by Crippen LogP contribution is -2.44. The van der Waals surface area contributed by atoms with E-state index in [2.05, 4.69) is 9.98 Å². The highest BCUT2D eigenvalue weighted by molar-refractivity contribution is 5.78. The van der Waals surface area contributed by atoms with Crippen LogP contribution in [0.5, 0.6) is 5.75 Å². The molecule has 0 radical (unpaired) electrons. The van der Waals surface area contributed by atoms with Crippen molar-refractivity contribution in [3.63, 3.8) is 0 Å². The van der Waals surface area contributed by atoms with Crippen LogP contribution in [-0.2, 0) is 11.3 Å².